The molecule has 0 aliphatic carbocycles. The van der Waals surface area contributed by atoms with Crippen LogP contribution in [0.25, 0.3) is 34.2 Å². The fourth-order valence-corrected chi connectivity index (χ4v) is 4.33. The summed E-state index contributed by atoms with van der Waals surface area (Å²) in [5.41, 5.74) is 5.40. The number of halogens is 1. The molecule has 5 aromatic rings. The number of rotatable bonds is 9. The van der Waals surface area contributed by atoms with E-state index in [0.717, 1.165) is 27.8 Å². The lowest BCUT2D eigenvalue weighted by Gasteiger charge is -2.16. The zero-order chi connectivity index (χ0) is 28.2. The van der Waals surface area contributed by atoms with E-state index >= 15 is 4.39 Å². The van der Waals surface area contributed by atoms with Gasteiger partial charge in [-0.05, 0) is 62.2 Å². The third-order valence-electron chi connectivity index (χ3n) is 6.41. The molecule has 2 aromatic heterocycles. The average molecular weight is 540 g/mol. The van der Waals surface area contributed by atoms with Crippen LogP contribution in [0.3, 0.4) is 0 Å². The zero-order valence-corrected chi connectivity index (χ0v) is 22.1. The van der Waals surface area contributed by atoms with Crippen LogP contribution in [0.5, 0.6) is 0 Å². The van der Waals surface area contributed by atoms with Gasteiger partial charge in [-0.15, -0.1) is 0 Å². The molecule has 0 saturated carbocycles. The Morgan fingerprint density at radius 3 is 2.45 bits per heavy atom. The van der Waals surface area contributed by atoms with Crippen molar-refractivity contribution in [2.75, 3.05) is 0 Å². The first-order chi connectivity index (χ1) is 19.3. The van der Waals surface area contributed by atoms with Crippen LogP contribution in [0.2, 0.25) is 0 Å². The molecule has 40 heavy (non-hydrogen) atoms. The minimum absolute atomic E-state index is 0.0211. The number of aryl methyl sites for hydroxylation is 3. The van der Waals surface area contributed by atoms with Gasteiger partial charge in [-0.1, -0.05) is 58.7 Å². The van der Waals surface area contributed by atoms with E-state index in [4.69, 9.17) is 13.7 Å². The van der Waals surface area contributed by atoms with E-state index in [0.29, 0.717) is 17.2 Å². The summed E-state index contributed by atoms with van der Waals surface area (Å²) in [4.78, 5) is 28.3. The van der Waals surface area contributed by atoms with Gasteiger partial charge in [0.2, 0.25) is 5.82 Å². The van der Waals surface area contributed by atoms with Crippen molar-refractivity contribution in [3.05, 3.63) is 107 Å². The van der Waals surface area contributed by atoms with Gasteiger partial charge in [-0.25, -0.2) is 4.39 Å². The molecule has 0 aliphatic rings. The molecular formula is C31H26FN3O5. The maximum atomic E-state index is 15.1. The lowest BCUT2D eigenvalue weighted by Crippen LogP contribution is -2.38. The molecule has 0 aliphatic heterocycles. The van der Waals surface area contributed by atoms with Crippen LogP contribution in [-0.2, 0) is 16.0 Å². The number of ether oxygens (including phenoxy) is 1. The van der Waals surface area contributed by atoms with Gasteiger partial charge in [0.15, 0.2) is 12.0 Å². The van der Waals surface area contributed by atoms with Gasteiger partial charge >= 0.3 is 0 Å². The molecule has 1 unspecified atom stereocenters. The van der Waals surface area contributed by atoms with Gasteiger partial charge in [0.05, 0.1) is 5.56 Å². The van der Waals surface area contributed by atoms with E-state index in [9.17, 15) is 9.59 Å². The molecular weight excluding hydrogens is 513 g/mol. The van der Waals surface area contributed by atoms with E-state index in [-0.39, 0.29) is 30.0 Å². The third-order valence-corrected chi connectivity index (χ3v) is 6.41. The number of aromatic nitrogens is 2. The number of nitrogens with one attached hydrogen (secondary N) is 1. The molecule has 1 atom stereocenters. The Balaban J connectivity index is 1.28. The van der Waals surface area contributed by atoms with Crippen molar-refractivity contribution in [2.24, 2.45) is 0 Å². The second-order valence-corrected chi connectivity index (χ2v) is 9.48. The van der Waals surface area contributed by atoms with Gasteiger partial charge in [-0.2, -0.15) is 4.98 Å². The number of furan rings is 1. The SMILES string of the molecule is Cc1ccc(-c2ccc(C(=O)NC(Cc3ccc(-c4noc(-c5ccc(C)cc5C)n4)c(F)c3)OC=O)o2)cc1. The van der Waals surface area contributed by atoms with E-state index in [1.807, 2.05) is 63.2 Å². The molecule has 0 radical (unpaired) electrons. The van der Waals surface area contributed by atoms with Crippen LogP contribution >= 0.6 is 0 Å². The van der Waals surface area contributed by atoms with Gasteiger partial charge in [-0.3, -0.25) is 9.59 Å². The van der Waals surface area contributed by atoms with Crippen LogP contribution < -0.4 is 5.32 Å². The minimum Gasteiger partial charge on any atom is -0.451 e. The number of amides is 1. The summed E-state index contributed by atoms with van der Waals surface area (Å²) in [5.74, 6) is -0.188. The summed E-state index contributed by atoms with van der Waals surface area (Å²) < 4.78 is 31.2. The molecule has 9 heteroatoms. The highest BCUT2D eigenvalue weighted by atomic mass is 19.1. The Hall–Kier alpha value is -5.05. The molecule has 1 amide bonds. The Labute approximate surface area is 229 Å². The molecule has 3 aromatic carbocycles. The van der Waals surface area contributed by atoms with Crippen LogP contribution in [0.4, 0.5) is 4.39 Å². The highest BCUT2D eigenvalue weighted by molar-refractivity contribution is 5.92. The lowest BCUT2D eigenvalue weighted by molar-refractivity contribution is -0.134. The Kier molecular flexibility index (Phi) is 7.54. The van der Waals surface area contributed by atoms with E-state index in [1.165, 1.54) is 18.2 Å². The maximum Gasteiger partial charge on any atom is 0.295 e. The highest BCUT2D eigenvalue weighted by Crippen LogP contribution is 2.28. The van der Waals surface area contributed by atoms with Crippen LogP contribution in [-0.4, -0.2) is 28.7 Å². The predicted molar refractivity (Wildman–Crippen MR) is 146 cm³/mol. The number of hydrogen-bond acceptors (Lipinski definition) is 7. The average Bonchev–Trinajstić information content (AvgIpc) is 3.60. The van der Waals surface area contributed by atoms with Crippen molar-refractivity contribution in [3.63, 3.8) is 0 Å². The van der Waals surface area contributed by atoms with Gasteiger partial charge in [0, 0.05) is 17.5 Å². The first kappa shape index (κ1) is 26.6. The monoisotopic (exact) mass is 539 g/mol. The topological polar surface area (TPSA) is 107 Å². The summed E-state index contributed by atoms with van der Waals surface area (Å²) in [6.07, 6.45) is -1.03. The summed E-state index contributed by atoms with van der Waals surface area (Å²) in [5, 5.41) is 6.55. The van der Waals surface area contributed by atoms with Crippen LogP contribution in [0, 0.1) is 26.6 Å². The van der Waals surface area contributed by atoms with Crippen molar-refractivity contribution in [1.82, 2.24) is 15.5 Å². The highest BCUT2D eigenvalue weighted by Gasteiger charge is 2.21. The fraction of sp³-hybridized carbons (Fsp3) is 0.161. The molecule has 1 N–H and O–H groups in total. The maximum absolute atomic E-state index is 15.1. The smallest absolute Gasteiger partial charge is 0.295 e. The summed E-state index contributed by atoms with van der Waals surface area (Å²) in [6.45, 7) is 6.13. The van der Waals surface area contributed by atoms with Crippen LogP contribution in [0.1, 0.15) is 32.8 Å². The second-order valence-electron chi connectivity index (χ2n) is 9.48. The third kappa shape index (κ3) is 5.83. The normalized spacial score (nSPS) is 11.7. The Morgan fingerprint density at radius 1 is 0.975 bits per heavy atom. The quantitative estimate of drug-likeness (QED) is 0.176. The summed E-state index contributed by atoms with van der Waals surface area (Å²) in [6, 6.07) is 21.2. The second kappa shape index (κ2) is 11.4. The number of benzene rings is 3. The number of hydrogen-bond donors (Lipinski definition) is 1. The minimum atomic E-state index is -1.05. The lowest BCUT2D eigenvalue weighted by atomic mass is 10.1. The molecule has 0 saturated heterocycles. The summed E-state index contributed by atoms with van der Waals surface area (Å²) in [7, 11) is 0. The van der Waals surface area contributed by atoms with Crippen molar-refractivity contribution in [1.29, 1.82) is 0 Å². The van der Waals surface area contributed by atoms with Crippen molar-refractivity contribution in [2.45, 2.75) is 33.4 Å². The van der Waals surface area contributed by atoms with E-state index in [1.54, 1.807) is 12.1 Å². The van der Waals surface area contributed by atoms with Gasteiger partial charge < -0.3 is 19.0 Å². The molecule has 2 heterocycles. The first-order valence-corrected chi connectivity index (χ1v) is 12.6. The molecule has 0 fully saturated rings. The standard InChI is InChI=1S/C31H26FN3O5/c1-18-4-8-22(9-5-18)26-12-13-27(39-26)30(37)33-28(38-17-36)16-21-7-11-24(25(32)15-21)29-34-31(40-35-29)23-10-6-19(2)14-20(23)3/h4-15,17,28H,16H2,1-3H3,(H,33,37). The van der Waals surface area contributed by atoms with Gasteiger partial charge in [0.25, 0.3) is 18.3 Å². The number of nitrogens with zero attached hydrogens (tertiary/aromatic N) is 2. The zero-order valence-electron chi connectivity index (χ0n) is 22.1. The van der Waals surface area contributed by atoms with Gasteiger partial charge in [0.1, 0.15) is 11.6 Å². The molecule has 5 rings (SSSR count). The Morgan fingerprint density at radius 2 is 1.73 bits per heavy atom. The van der Waals surface area contributed by atoms with E-state index in [2.05, 4.69) is 15.5 Å². The summed E-state index contributed by atoms with van der Waals surface area (Å²) >= 11 is 0. The molecule has 0 bridgehead atoms. The molecule has 0 spiro atoms. The van der Waals surface area contributed by atoms with Crippen molar-refractivity contribution >= 4 is 12.4 Å². The van der Waals surface area contributed by atoms with Crippen molar-refractivity contribution < 1.29 is 27.7 Å². The largest absolute Gasteiger partial charge is 0.451 e. The number of carbonyl (C=O) groups is 2. The van der Waals surface area contributed by atoms with E-state index < -0.39 is 18.0 Å². The number of carbonyl (C=O) groups excluding carboxylic acids is 2. The van der Waals surface area contributed by atoms with Crippen LogP contribution in [0.15, 0.2) is 81.7 Å². The molecule has 8 nitrogen and oxygen atoms in total. The van der Waals surface area contributed by atoms with Crippen molar-refractivity contribution in [3.8, 4) is 34.2 Å². The Bertz CT molecular complexity index is 1670. The fourth-order valence-electron chi connectivity index (χ4n) is 4.33. The predicted octanol–water partition coefficient (Wildman–Crippen LogP) is 6.20. The first-order valence-electron chi connectivity index (χ1n) is 12.6. The molecule has 202 valence electrons.